The number of ether oxygens (including phenoxy) is 2. The Morgan fingerprint density at radius 3 is 2.41 bits per heavy atom. The Bertz CT molecular complexity index is 1150. The number of β-amino-alcohol motifs (C(OH)–C–C–N with tert-alkyl or cyclic N) is 1. The minimum absolute atomic E-state index is 0.00489. The number of halogens is 6. The molecule has 0 saturated carbocycles. The number of hydrogen-bond donors (Lipinski definition) is 2. The monoisotopic (exact) mass is 598 g/mol. The van der Waals surface area contributed by atoms with Crippen LogP contribution in [0.5, 0.6) is 11.5 Å². The van der Waals surface area contributed by atoms with Crippen LogP contribution in [0.25, 0.3) is 0 Å². The number of hydrogen-bond acceptors (Lipinski definition) is 6. The van der Waals surface area contributed by atoms with Gasteiger partial charge in [0.2, 0.25) is 0 Å². The third-order valence-corrected chi connectivity index (χ3v) is 5.37. The van der Waals surface area contributed by atoms with Gasteiger partial charge in [-0.05, 0) is 52.9 Å². The average molecular weight is 598 g/mol. The first-order valence-corrected chi connectivity index (χ1v) is 10.6. The van der Waals surface area contributed by atoms with E-state index in [2.05, 4.69) is 5.32 Å². The summed E-state index contributed by atoms with van der Waals surface area (Å²) in [7, 11) is 1.11. The molecule has 2 N–H and O–H groups in total. The molecule has 13 heteroatoms. The molecule has 0 fully saturated rings. The molecule has 7 nitrogen and oxygen atoms in total. The van der Waals surface area contributed by atoms with Crippen LogP contribution in [0.4, 0.5) is 27.6 Å². The molecule has 2 aromatic carbocycles. The van der Waals surface area contributed by atoms with Crippen LogP contribution in [0.2, 0.25) is 0 Å². The Labute approximate surface area is 203 Å². The van der Waals surface area contributed by atoms with Crippen molar-refractivity contribution < 1.29 is 46.1 Å². The molecule has 182 valence electrons. The minimum atomic E-state index is -4.96. The summed E-state index contributed by atoms with van der Waals surface area (Å²) < 4.78 is 77.6. The fourth-order valence-corrected chi connectivity index (χ4v) is 3.56. The number of aliphatic hydroxyl groups excluding tert-OH is 1. The van der Waals surface area contributed by atoms with Gasteiger partial charge in [-0.2, -0.15) is 13.2 Å². The number of amides is 1. The SMILES string of the molecule is COC(=O)C1=C(Nc2ccc(I)cc2Oc2c(F)cc(C(F)(F)F)cc2F)C(=O)N(CCO)C1. The van der Waals surface area contributed by atoms with Gasteiger partial charge in [0.15, 0.2) is 23.1 Å². The first kappa shape index (κ1) is 25.7. The zero-order chi connectivity index (χ0) is 25.2. The van der Waals surface area contributed by atoms with Crippen LogP contribution in [0.15, 0.2) is 41.6 Å². The normalized spacial score (nSPS) is 14.0. The lowest BCUT2D eigenvalue weighted by Crippen LogP contribution is -2.31. The first-order chi connectivity index (χ1) is 16.0. The average Bonchev–Trinajstić information content (AvgIpc) is 3.06. The minimum Gasteiger partial charge on any atom is -0.466 e. The number of alkyl halides is 3. The molecule has 0 spiro atoms. The van der Waals surface area contributed by atoms with Gasteiger partial charge in [0.1, 0.15) is 5.70 Å². The molecule has 0 aliphatic carbocycles. The van der Waals surface area contributed by atoms with E-state index in [1.54, 1.807) is 6.07 Å². The molecule has 0 aromatic heterocycles. The summed E-state index contributed by atoms with van der Waals surface area (Å²) in [4.78, 5) is 26.1. The van der Waals surface area contributed by atoms with Crippen molar-refractivity contribution in [1.82, 2.24) is 4.90 Å². The number of anilines is 1. The third kappa shape index (κ3) is 5.41. The van der Waals surface area contributed by atoms with E-state index in [0.29, 0.717) is 3.57 Å². The zero-order valence-corrected chi connectivity index (χ0v) is 19.5. The van der Waals surface area contributed by atoms with E-state index < -0.39 is 41.0 Å². The predicted octanol–water partition coefficient (Wildman–Crippen LogP) is 4.05. The molecule has 0 atom stereocenters. The van der Waals surface area contributed by atoms with Crippen LogP contribution in [-0.4, -0.2) is 48.7 Å². The summed E-state index contributed by atoms with van der Waals surface area (Å²) in [5, 5.41) is 11.8. The van der Waals surface area contributed by atoms with E-state index in [1.807, 2.05) is 22.6 Å². The predicted molar refractivity (Wildman–Crippen MR) is 117 cm³/mol. The van der Waals surface area contributed by atoms with Gasteiger partial charge < -0.3 is 24.8 Å². The summed E-state index contributed by atoms with van der Waals surface area (Å²) in [5.74, 6) is -5.94. The fraction of sp³-hybridized carbons (Fsp3) is 0.238. The van der Waals surface area contributed by atoms with Crippen molar-refractivity contribution >= 4 is 40.2 Å². The zero-order valence-electron chi connectivity index (χ0n) is 17.3. The van der Waals surface area contributed by atoms with E-state index >= 15 is 0 Å². The Morgan fingerprint density at radius 1 is 1.21 bits per heavy atom. The van der Waals surface area contributed by atoms with Gasteiger partial charge in [0.25, 0.3) is 5.91 Å². The molecule has 1 heterocycles. The molecule has 0 bridgehead atoms. The molecule has 1 aliphatic heterocycles. The van der Waals surface area contributed by atoms with Crippen molar-refractivity contribution in [2.75, 3.05) is 32.1 Å². The van der Waals surface area contributed by atoms with Crippen LogP contribution in [0.3, 0.4) is 0 Å². The van der Waals surface area contributed by atoms with Crippen molar-refractivity contribution in [2.24, 2.45) is 0 Å². The summed E-state index contributed by atoms with van der Waals surface area (Å²) in [5.41, 5.74) is -1.80. The van der Waals surface area contributed by atoms with E-state index in [0.717, 1.165) is 7.11 Å². The summed E-state index contributed by atoms with van der Waals surface area (Å²) in [6.07, 6.45) is -4.96. The van der Waals surface area contributed by atoms with Gasteiger partial charge in [-0.1, -0.05) is 0 Å². The molecule has 0 unspecified atom stereocenters. The van der Waals surface area contributed by atoms with Crippen molar-refractivity contribution in [2.45, 2.75) is 6.18 Å². The van der Waals surface area contributed by atoms with Crippen LogP contribution >= 0.6 is 22.6 Å². The maximum atomic E-state index is 14.3. The lowest BCUT2D eigenvalue weighted by Gasteiger charge is -2.17. The standard InChI is InChI=1S/C21H16F5IN2O5/c1-33-20(32)12-9-29(4-5-30)19(31)17(12)28-15-3-2-11(27)8-16(15)34-18-13(22)6-10(7-14(18)23)21(24,25)26/h2-3,6-8,28,30H,4-5,9H2,1H3. The number of benzene rings is 2. The smallest absolute Gasteiger partial charge is 0.416 e. The highest BCUT2D eigenvalue weighted by molar-refractivity contribution is 14.1. The number of esters is 1. The number of nitrogens with zero attached hydrogens (tertiary/aromatic N) is 1. The molecular formula is C21H16F5IN2O5. The maximum Gasteiger partial charge on any atom is 0.416 e. The molecule has 34 heavy (non-hydrogen) atoms. The largest absolute Gasteiger partial charge is 0.466 e. The molecular weight excluding hydrogens is 582 g/mol. The van der Waals surface area contributed by atoms with Gasteiger partial charge in [0, 0.05) is 10.1 Å². The van der Waals surface area contributed by atoms with Gasteiger partial charge in [-0.25, -0.2) is 13.6 Å². The van der Waals surface area contributed by atoms with Crippen LogP contribution in [0.1, 0.15) is 5.56 Å². The first-order valence-electron chi connectivity index (χ1n) is 9.48. The molecule has 0 saturated heterocycles. The van der Waals surface area contributed by atoms with Gasteiger partial charge >= 0.3 is 12.1 Å². The number of aliphatic hydroxyl groups is 1. The molecule has 2 aromatic rings. The lowest BCUT2D eigenvalue weighted by molar-refractivity contribution is -0.138. The Hall–Kier alpha value is -2.94. The number of carbonyl (C=O) groups excluding carboxylic acids is 2. The second-order valence-electron chi connectivity index (χ2n) is 6.93. The maximum absolute atomic E-state index is 14.3. The van der Waals surface area contributed by atoms with Crippen molar-refractivity contribution in [3.63, 3.8) is 0 Å². The van der Waals surface area contributed by atoms with Gasteiger partial charge in [0.05, 0.1) is 37.1 Å². The summed E-state index contributed by atoms with van der Waals surface area (Å²) >= 11 is 1.87. The molecule has 3 rings (SSSR count). The molecule has 0 radical (unpaired) electrons. The van der Waals surface area contributed by atoms with Crippen LogP contribution < -0.4 is 10.1 Å². The van der Waals surface area contributed by atoms with E-state index in [9.17, 15) is 31.5 Å². The lowest BCUT2D eigenvalue weighted by atomic mass is 10.2. The quantitative estimate of drug-likeness (QED) is 0.284. The topological polar surface area (TPSA) is 88.1 Å². The van der Waals surface area contributed by atoms with Crippen LogP contribution in [-0.2, 0) is 20.5 Å². The number of nitrogens with one attached hydrogen (secondary N) is 1. The van der Waals surface area contributed by atoms with Crippen molar-refractivity contribution in [3.8, 4) is 11.5 Å². The second-order valence-corrected chi connectivity index (χ2v) is 8.18. The highest BCUT2D eigenvalue weighted by atomic mass is 127. The fourth-order valence-electron chi connectivity index (χ4n) is 3.10. The third-order valence-electron chi connectivity index (χ3n) is 4.69. The van der Waals surface area contributed by atoms with Gasteiger partial charge in [-0.3, -0.25) is 4.79 Å². The summed E-state index contributed by atoms with van der Waals surface area (Å²) in [6.45, 7) is -0.586. The number of rotatable bonds is 7. The van der Waals surface area contributed by atoms with Crippen molar-refractivity contribution in [3.05, 3.63) is 62.4 Å². The van der Waals surface area contributed by atoms with Crippen molar-refractivity contribution in [1.29, 1.82) is 0 Å². The van der Waals surface area contributed by atoms with E-state index in [4.69, 9.17) is 14.6 Å². The van der Waals surface area contributed by atoms with E-state index in [1.165, 1.54) is 17.0 Å². The molecule has 1 aliphatic rings. The summed E-state index contributed by atoms with van der Waals surface area (Å²) in [6, 6.07) is 4.47. The highest BCUT2D eigenvalue weighted by Crippen LogP contribution is 2.38. The Kier molecular flexibility index (Phi) is 7.65. The second kappa shape index (κ2) is 10.1. The van der Waals surface area contributed by atoms with E-state index in [-0.39, 0.29) is 54.5 Å². The number of methoxy groups -OCH3 is 1. The Morgan fingerprint density at radius 2 is 1.85 bits per heavy atom. The van der Waals surface area contributed by atoms with Gasteiger partial charge in [-0.15, -0.1) is 0 Å². The van der Waals surface area contributed by atoms with Crippen LogP contribution in [0, 0.1) is 15.2 Å². The molecule has 1 amide bonds. The highest BCUT2D eigenvalue weighted by Gasteiger charge is 2.35. The Balaban J connectivity index is 2.01. The number of carbonyl (C=O) groups is 2.